The summed E-state index contributed by atoms with van der Waals surface area (Å²) in [5, 5.41) is 31.4. The van der Waals surface area contributed by atoms with Gasteiger partial charge in [-0.25, -0.2) is 4.63 Å². The van der Waals surface area contributed by atoms with Crippen LogP contribution >= 0.6 is 0 Å². The molecule has 9 heteroatoms. The number of nitrogens with one attached hydrogen (secondary N) is 1. The number of anilines is 2. The zero-order chi connectivity index (χ0) is 19.9. The number of hydrogen-bond acceptors (Lipinski definition) is 8. The van der Waals surface area contributed by atoms with Gasteiger partial charge in [0.1, 0.15) is 5.69 Å². The van der Waals surface area contributed by atoms with E-state index in [-0.39, 0.29) is 30.0 Å². The van der Waals surface area contributed by atoms with Crippen LogP contribution in [0.15, 0.2) is 41.0 Å². The molecule has 0 aliphatic heterocycles. The van der Waals surface area contributed by atoms with Crippen LogP contribution in [0.2, 0.25) is 0 Å². The topological polar surface area (TPSA) is 118 Å². The Morgan fingerprint density at radius 3 is 2.68 bits per heavy atom. The van der Waals surface area contributed by atoms with Crippen LogP contribution in [-0.4, -0.2) is 40.0 Å². The number of unbranched alkanes of at least 4 members (excludes halogenated alkanes) is 1. The zero-order valence-corrected chi connectivity index (χ0v) is 15.7. The largest absolute Gasteiger partial charge is 0.395 e. The molecular formula is C19H23N5O4. The van der Waals surface area contributed by atoms with Gasteiger partial charge in [-0.05, 0) is 28.4 Å². The number of benzene rings is 2. The molecular weight excluding hydrogens is 362 g/mol. The molecule has 0 saturated carbocycles. The van der Waals surface area contributed by atoms with E-state index in [0.29, 0.717) is 17.7 Å². The van der Waals surface area contributed by atoms with Crippen molar-refractivity contribution in [2.45, 2.75) is 26.3 Å². The van der Waals surface area contributed by atoms with E-state index >= 15 is 0 Å². The average Bonchev–Trinajstić information content (AvgIpc) is 3.18. The van der Waals surface area contributed by atoms with Crippen LogP contribution < -0.4 is 10.2 Å². The molecule has 0 fully saturated rings. The molecule has 0 radical (unpaired) electrons. The molecule has 0 atom stereocenters. The molecule has 0 unspecified atom stereocenters. The molecule has 3 rings (SSSR count). The lowest BCUT2D eigenvalue weighted by molar-refractivity contribution is -0.382. The highest BCUT2D eigenvalue weighted by molar-refractivity contribution is 5.99. The third-order valence-corrected chi connectivity index (χ3v) is 4.44. The Hall–Kier alpha value is -3.20. The van der Waals surface area contributed by atoms with Crippen molar-refractivity contribution in [3.05, 3.63) is 52.1 Å². The van der Waals surface area contributed by atoms with E-state index < -0.39 is 4.92 Å². The summed E-state index contributed by atoms with van der Waals surface area (Å²) in [7, 11) is 0. The summed E-state index contributed by atoms with van der Waals surface area (Å²) in [5.41, 5.74) is 2.35. The molecule has 0 spiro atoms. The Kier molecular flexibility index (Phi) is 6.38. The highest BCUT2D eigenvalue weighted by Gasteiger charge is 2.27. The van der Waals surface area contributed by atoms with Gasteiger partial charge in [-0.15, -0.1) is 0 Å². The zero-order valence-electron chi connectivity index (χ0n) is 15.7. The smallest absolute Gasteiger partial charge is 0.323 e. The van der Waals surface area contributed by atoms with Crippen molar-refractivity contribution in [1.82, 2.24) is 10.3 Å². The number of rotatable bonds is 10. The quantitative estimate of drug-likeness (QED) is 0.403. The van der Waals surface area contributed by atoms with Crippen molar-refractivity contribution in [1.29, 1.82) is 0 Å². The summed E-state index contributed by atoms with van der Waals surface area (Å²) in [6.07, 6.45) is 1.96. The van der Waals surface area contributed by atoms with Crippen molar-refractivity contribution in [3.63, 3.8) is 0 Å². The maximum absolute atomic E-state index is 11.6. The van der Waals surface area contributed by atoms with Crippen LogP contribution in [0.3, 0.4) is 0 Å². The second kappa shape index (κ2) is 9.14. The van der Waals surface area contributed by atoms with E-state index in [9.17, 15) is 10.1 Å². The first-order valence-corrected chi connectivity index (χ1v) is 9.23. The molecule has 0 bridgehead atoms. The Labute approximate surface area is 162 Å². The first-order valence-electron chi connectivity index (χ1n) is 9.23. The van der Waals surface area contributed by atoms with Gasteiger partial charge in [-0.3, -0.25) is 10.1 Å². The lowest BCUT2D eigenvalue weighted by atomic mass is 10.1. The number of aromatic nitrogens is 2. The van der Waals surface area contributed by atoms with E-state index in [2.05, 4.69) is 27.5 Å². The lowest BCUT2D eigenvalue weighted by Gasteiger charge is -2.25. The van der Waals surface area contributed by atoms with Gasteiger partial charge in [0, 0.05) is 19.6 Å². The monoisotopic (exact) mass is 385 g/mol. The van der Waals surface area contributed by atoms with Crippen LogP contribution in [0.5, 0.6) is 0 Å². The number of aliphatic hydroxyl groups is 1. The van der Waals surface area contributed by atoms with E-state index in [4.69, 9.17) is 9.74 Å². The molecule has 0 aliphatic rings. The van der Waals surface area contributed by atoms with Gasteiger partial charge in [-0.1, -0.05) is 43.7 Å². The number of nitro groups is 1. The van der Waals surface area contributed by atoms with E-state index in [1.807, 2.05) is 30.3 Å². The maximum atomic E-state index is 11.6. The van der Waals surface area contributed by atoms with Gasteiger partial charge in [0.2, 0.25) is 5.52 Å². The van der Waals surface area contributed by atoms with Crippen molar-refractivity contribution < 1.29 is 14.7 Å². The molecule has 0 saturated heterocycles. The molecule has 9 nitrogen and oxygen atoms in total. The number of fused-ring (bicyclic) bond motifs is 1. The van der Waals surface area contributed by atoms with Gasteiger partial charge in [-0.2, -0.15) is 0 Å². The summed E-state index contributed by atoms with van der Waals surface area (Å²) in [4.78, 5) is 13.2. The SMILES string of the molecule is CCCCN(Cc1ccccc1)c1cc(NCCO)c([N+](=O)[O-])c2nonc12. The minimum atomic E-state index is -0.510. The number of hydrogen-bond donors (Lipinski definition) is 2. The Morgan fingerprint density at radius 1 is 1.25 bits per heavy atom. The predicted octanol–water partition coefficient (Wildman–Crippen LogP) is 3.34. The standard InChI is InChI=1S/C19H23N5O4/c1-2-3-10-23(13-14-7-5-4-6-8-14)16-12-15(20-9-11-25)19(24(26)27)18-17(16)21-28-22-18/h4-8,12,20,25H,2-3,9-11,13H2,1H3. The molecule has 3 aromatic rings. The molecule has 148 valence electrons. The molecule has 2 aromatic carbocycles. The first kappa shape index (κ1) is 19.6. The first-order chi connectivity index (χ1) is 13.7. The van der Waals surface area contributed by atoms with Gasteiger partial charge in [0.25, 0.3) is 0 Å². The van der Waals surface area contributed by atoms with Gasteiger partial charge >= 0.3 is 5.69 Å². The second-order valence-corrected chi connectivity index (χ2v) is 6.42. The van der Waals surface area contributed by atoms with Crippen molar-refractivity contribution >= 4 is 28.1 Å². The van der Waals surface area contributed by atoms with Crippen LogP contribution in [0.4, 0.5) is 17.1 Å². The van der Waals surface area contributed by atoms with Crippen LogP contribution in [0.25, 0.3) is 11.0 Å². The Balaban J connectivity index is 2.10. The molecule has 28 heavy (non-hydrogen) atoms. The number of nitrogens with zero attached hydrogens (tertiary/aromatic N) is 4. The van der Waals surface area contributed by atoms with E-state index in [0.717, 1.165) is 24.9 Å². The minimum Gasteiger partial charge on any atom is -0.395 e. The van der Waals surface area contributed by atoms with Gasteiger partial charge < -0.3 is 15.3 Å². The molecule has 0 amide bonds. The Bertz CT molecular complexity index is 929. The van der Waals surface area contributed by atoms with E-state index in [1.165, 1.54) is 0 Å². The predicted molar refractivity (Wildman–Crippen MR) is 106 cm³/mol. The third kappa shape index (κ3) is 4.20. The Morgan fingerprint density at radius 2 is 2.00 bits per heavy atom. The highest BCUT2D eigenvalue weighted by Crippen LogP contribution is 2.38. The number of nitro benzene ring substituents is 1. The number of aliphatic hydroxyl groups excluding tert-OH is 1. The maximum Gasteiger partial charge on any atom is 0.323 e. The third-order valence-electron chi connectivity index (χ3n) is 4.44. The van der Waals surface area contributed by atoms with Gasteiger partial charge in [0.15, 0.2) is 5.52 Å². The second-order valence-electron chi connectivity index (χ2n) is 6.42. The fourth-order valence-electron chi connectivity index (χ4n) is 3.10. The molecule has 2 N–H and O–H groups in total. The summed E-state index contributed by atoms with van der Waals surface area (Å²) in [6, 6.07) is 11.7. The van der Waals surface area contributed by atoms with Crippen molar-refractivity contribution in [2.75, 3.05) is 29.9 Å². The van der Waals surface area contributed by atoms with Crippen LogP contribution in [-0.2, 0) is 6.54 Å². The minimum absolute atomic E-state index is 0.0949. The molecule has 1 aromatic heterocycles. The van der Waals surface area contributed by atoms with E-state index in [1.54, 1.807) is 6.07 Å². The van der Waals surface area contributed by atoms with Crippen molar-refractivity contribution in [3.8, 4) is 0 Å². The lowest BCUT2D eigenvalue weighted by Crippen LogP contribution is -2.24. The molecule has 1 heterocycles. The van der Waals surface area contributed by atoms with Gasteiger partial charge in [0.05, 0.1) is 17.2 Å². The summed E-state index contributed by atoms with van der Waals surface area (Å²) >= 11 is 0. The highest BCUT2D eigenvalue weighted by atomic mass is 16.6. The fraction of sp³-hybridized carbons (Fsp3) is 0.368. The molecule has 0 aliphatic carbocycles. The fourth-order valence-corrected chi connectivity index (χ4v) is 3.10. The average molecular weight is 385 g/mol. The summed E-state index contributed by atoms with van der Waals surface area (Å²) in [5.74, 6) is 0. The summed E-state index contributed by atoms with van der Waals surface area (Å²) in [6.45, 7) is 3.53. The van der Waals surface area contributed by atoms with Crippen molar-refractivity contribution in [2.24, 2.45) is 0 Å². The normalized spacial score (nSPS) is 10.9. The summed E-state index contributed by atoms with van der Waals surface area (Å²) < 4.78 is 4.85. The van der Waals surface area contributed by atoms with Crippen LogP contribution in [0, 0.1) is 10.1 Å². The van der Waals surface area contributed by atoms with Crippen LogP contribution in [0.1, 0.15) is 25.3 Å².